The molecular weight excluding hydrogens is 438 g/mol. The molecule has 0 fully saturated rings. The van der Waals surface area contributed by atoms with E-state index in [9.17, 15) is 9.59 Å². The van der Waals surface area contributed by atoms with Crippen LogP contribution in [-0.2, 0) is 16.1 Å². The number of esters is 1. The summed E-state index contributed by atoms with van der Waals surface area (Å²) >= 11 is 0. The summed E-state index contributed by atoms with van der Waals surface area (Å²) in [7, 11) is 4.29. The maximum Gasteiger partial charge on any atom is 0.340 e. The summed E-state index contributed by atoms with van der Waals surface area (Å²) in [6.45, 7) is 2.11. The van der Waals surface area contributed by atoms with Crippen LogP contribution in [0.15, 0.2) is 65.0 Å². The molecule has 0 spiro atoms. The minimum atomic E-state index is -0.843. The van der Waals surface area contributed by atoms with E-state index >= 15 is 0 Å². The quantitative estimate of drug-likeness (QED) is 0.555. The summed E-state index contributed by atoms with van der Waals surface area (Å²) in [6.07, 6.45) is 3.37. The van der Waals surface area contributed by atoms with Crippen molar-refractivity contribution >= 4 is 5.97 Å². The van der Waals surface area contributed by atoms with Crippen molar-refractivity contribution in [2.24, 2.45) is 5.73 Å². The van der Waals surface area contributed by atoms with Gasteiger partial charge in [0, 0.05) is 24.2 Å². The van der Waals surface area contributed by atoms with Gasteiger partial charge in [-0.1, -0.05) is 12.1 Å². The van der Waals surface area contributed by atoms with Crippen molar-refractivity contribution in [2.45, 2.75) is 19.4 Å². The number of carbonyl (C=O) groups excluding carboxylic acids is 1. The Morgan fingerprint density at radius 2 is 1.91 bits per heavy atom. The second-order valence-corrected chi connectivity index (χ2v) is 7.74. The molecule has 0 unspecified atom stereocenters. The number of aryl methyl sites for hydroxylation is 1. The number of methoxy groups -OCH3 is 3. The number of benzene rings is 1. The zero-order valence-corrected chi connectivity index (χ0v) is 19.3. The molecule has 0 aliphatic carbocycles. The number of hydrogen-bond donors (Lipinski definition) is 1. The Morgan fingerprint density at radius 3 is 2.56 bits per heavy atom. The Kier molecular flexibility index (Phi) is 6.27. The van der Waals surface area contributed by atoms with Gasteiger partial charge in [-0.15, -0.1) is 0 Å². The van der Waals surface area contributed by atoms with E-state index in [-0.39, 0.29) is 28.3 Å². The number of nitrogens with two attached hydrogens (primary N) is 1. The summed E-state index contributed by atoms with van der Waals surface area (Å²) in [5.41, 5.74) is 8.30. The Morgan fingerprint density at radius 1 is 1.15 bits per heavy atom. The van der Waals surface area contributed by atoms with E-state index in [0.29, 0.717) is 29.3 Å². The largest absolute Gasteiger partial charge is 0.493 e. The van der Waals surface area contributed by atoms with Gasteiger partial charge in [-0.3, -0.25) is 9.78 Å². The molecular formula is C25H25N3O6. The minimum absolute atomic E-state index is 0.0381. The standard InChI is InChI=1S/C25H25N3O6/c1-14-10-19-21(24(29)28(14)13-15-6-5-9-27-12-15)20(22(23(26)34-19)25(30)33-4)16-7-8-17(31-2)18(11-16)32-3/h5-12,20H,13,26H2,1-4H3/t20-/m1/s1. The number of rotatable bonds is 6. The Labute approximate surface area is 196 Å². The molecule has 1 atom stereocenters. The van der Waals surface area contributed by atoms with Gasteiger partial charge in [0.1, 0.15) is 11.3 Å². The molecule has 34 heavy (non-hydrogen) atoms. The van der Waals surface area contributed by atoms with Gasteiger partial charge in [0.05, 0.1) is 39.4 Å². The highest BCUT2D eigenvalue weighted by atomic mass is 16.5. The van der Waals surface area contributed by atoms with Crippen LogP contribution in [0.3, 0.4) is 0 Å². The molecule has 9 heteroatoms. The number of hydrogen-bond acceptors (Lipinski definition) is 8. The van der Waals surface area contributed by atoms with E-state index in [0.717, 1.165) is 5.56 Å². The summed E-state index contributed by atoms with van der Waals surface area (Å²) in [5.74, 6) is -0.421. The molecule has 0 saturated heterocycles. The van der Waals surface area contributed by atoms with Crippen molar-refractivity contribution < 1.29 is 23.7 Å². The van der Waals surface area contributed by atoms with Gasteiger partial charge in [-0.05, 0) is 36.2 Å². The Balaban J connectivity index is 1.96. The number of aromatic nitrogens is 2. The smallest absolute Gasteiger partial charge is 0.340 e. The molecule has 176 valence electrons. The van der Waals surface area contributed by atoms with Crippen LogP contribution in [0.5, 0.6) is 17.2 Å². The molecule has 2 N–H and O–H groups in total. The third-order valence-corrected chi connectivity index (χ3v) is 5.78. The normalized spacial score (nSPS) is 14.8. The highest BCUT2D eigenvalue weighted by molar-refractivity contribution is 5.92. The second-order valence-electron chi connectivity index (χ2n) is 7.74. The zero-order chi connectivity index (χ0) is 24.4. The molecule has 4 rings (SSSR count). The van der Waals surface area contributed by atoms with Gasteiger partial charge in [0.2, 0.25) is 5.88 Å². The average molecular weight is 463 g/mol. The van der Waals surface area contributed by atoms with Gasteiger partial charge in [0.25, 0.3) is 5.56 Å². The van der Waals surface area contributed by atoms with Crippen LogP contribution in [0.25, 0.3) is 0 Å². The second kappa shape index (κ2) is 9.30. The molecule has 1 aromatic carbocycles. The minimum Gasteiger partial charge on any atom is -0.493 e. The Hall–Kier alpha value is -4.27. The van der Waals surface area contributed by atoms with Crippen molar-refractivity contribution in [3.63, 3.8) is 0 Å². The fourth-order valence-corrected chi connectivity index (χ4v) is 4.13. The lowest BCUT2D eigenvalue weighted by atomic mass is 9.83. The van der Waals surface area contributed by atoms with E-state index in [1.165, 1.54) is 21.3 Å². The lowest BCUT2D eigenvalue weighted by Crippen LogP contribution is -2.35. The fourth-order valence-electron chi connectivity index (χ4n) is 4.13. The van der Waals surface area contributed by atoms with Crippen LogP contribution >= 0.6 is 0 Å². The highest BCUT2D eigenvalue weighted by Crippen LogP contribution is 2.43. The van der Waals surface area contributed by atoms with E-state index in [2.05, 4.69) is 4.98 Å². The molecule has 0 saturated carbocycles. The van der Waals surface area contributed by atoms with Crippen LogP contribution in [0.2, 0.25) is 0 Å². The number of pyridine rings is 2. The van der Waals surface area contributed by atoms with Gasteiger partial charge >= 0.3 is 5.97 Å². The zero-order valence-electron chi connectivity index (χ0n) is 19.3. The van der Waals surface area contributed by atoms with Crippen molar-refractivity contribution in [3.8, 4) is 17.2 Å². The number of carbonyl (C=O) groups is 1. The SMILES string of the molecule is COC(=O)C1=C(N)Oc2cc(C)n(Cc3cccnc3)c(=O)c2[C@H]1c1ccc(OC)c(OC)c1. The first-order chi connectivity index (χ1) is 16.4. The van der Waals surface area contributed by atoms with E-state index < -0.39 is 11.9 Å². The summed E-state index contributed by atoms with van der Waals surface area (Å²) < 4.78 is 23.2. The first-order valence-corrected chi connectivity index (χ1v) is 10.5. The number of fused-ring (bicyclic) bond motifs is 1. The van der Waals surface area contributed by atoms with Gasteiger partial charge in [-0.25, -0.2) is 4.79 Å². The highest BCUT2D eigenvalue weighted by Gasteiger charge is 2.38. The van der Waals surface area contributed by atoms with Crippen molar-refractivity contribution in [1.82, 2.24) is 9.55 Å². The average Bonchev–Trinajstić information content (AvgIpc) is 2.85. The maximum atomic E-state index is 13.9. The van der Waals surface area contributed by atoms with Crippen LogP contribution in [0.1, 0.15) is 28.3 Å². The lowest BCUT2D eigenvalue weighted by Gasteiger charge is -2.29. The van der Waals surface area contributed by atoms with E-state index in [1.54, 1.807) is 41.2 Å². The summed E-state index contributed by atoms with van der Waals surface area (Å²) in [5, 5.41) is 0. The van der Waals surface area contributed by atoms with E-state index in [1.807, 2.05) is 19.1 Å². The van der Waals surface area contributed by atoms with Crippen molar-refractivity contribution in [2.75, 3.05) is 21.3 Å². The van der Waals surface area contributed by atoms with Crippen LogP contribution < -0.4 is 25.5 Å². The van der Waals surface area contributed by atoms with Crippen LogP contribution in [0.4, 0.5) is 0 Å². The monoisotopic (exact) mass is 463 g/mol. The number of ether oxygens (including phenoxy) is 4. The van der Waals surface area contributed by atoms with Crippen molar-refractivity contribution in [3.05, 3.63) is 93.0 Å². The molecule has 3 aromatic rings. The molecule has 9 nitrogen and oxygen atoms in total. The predicted octanol–water partition coefficient (Wildman–Crippen LogP) is 2.48. The van der Waals surface area contributed by atoms with Crippen molar-refractivity contribution in [1.29, 1.82) is 0 Å². The molecule has 1 aliphatic rings. The van der Waals surface area contributed by atoms with Gasteiger partial charge in [-0.2, -0.15) is 0 Å². The topological polar surface area (TPSA) is 115 Å². The molecule has 0 amide bonds. The maximum absolute atomic E-state index is 13.9. The summed E-state index contributed by atoms with van der Waals surface area (Å²) in [4.78, 5) is 30.8. The molecule has 0 bridgehead atoms. The molecule has 0 radical (unpaired) electrons. The summed E-state index contributed by atoms with van der Waals surface area (Å²) in [6, 6.07) is 10.6. The lowest BCUT2D eigenvalue weighted by molar-refractivity contribution is -0.136. The Bertz CT molecular complexity index is 1330. The van der Waals surface area contributed by atoms with Gasteiger partial charge in [0.15, 0.2) is 11.5 Å². The van der Waals surface area contributed by atoms with E-state index in [4.69, 9.17) is 24.7 Å². The first-order valence-electron chi connectivity index (χ1n) is 10.5. The molecule has 3 heterocycles. The molecule has 1 aliphatic heterocycles. The first kappa shape index (κ1) is 22.9. The third-order valence-electron chi connectivity index (χ3n) is 5.78. The predicted molar refractivity (Wildman–Crippen MR) is 124 cm³/mol. The third kappa shape index (κ3) is 3.96. The van der Waals surface area contributed by atoms with Crippen LogP contribution in [0, 0.1) is 6.92 Å². The van der Waals surface area contributed by atoms with Crippen LogP contribution in [-0.4, -0.2) is 36.8 Å². The number of nitrogens with zero attached hydrogens (tertiary/aromatic N) is 2. The fraction of sp³-hybridized carbons (Fsp3) is 0.240. The molecule has 2 aromatic heterocycles. The van der Waals surface area contributed by atoms with Gasteiger partial charge < -0.3 is 29.2 Å².